The molecule has 50 valence electrons. The zero-order chi connectivity index (χ0) is 6.85. The van der Waals surface area contributed by atoms with E-state index in [4.69, 9.17) is 0 Å². The van der Waals surface area contributed by atoms with Crippen molar-refractivity contribution in [2.75, 3.05) is 6.54 Å². The van der Waals surface area contributed by atoms with Crippen LogP contribution in [0.25, 0.3) is 0 Å². The molecule has 0 amide bonds. The van der Waals surface area contributed by atoms with Crippen LogP contribution in [0.5, 0.6) is 0 Å². The highest BCUT2D eigenvalue weighted by Crippen LogP contribution is 2.00. The minimum atomic E-state index is -0.836. The largest absolute Gasteiger partial charge is 0.298 e. The van der Waals surface area contributed by atoms with Crippen LogP contribution < -0.4 is 5.32 Å². The minimum Gasteiger partial charge on any atom is -0.298 e. The predicted molar refractivity (Wildman–Crippen MR) is 28.4 cm³/mol. The smallest absolute Gasteiger partial charge is 0.273 e. The molecule has 0 bridgehead atoms. The van der Waals surface area contributed by atoms with E-state index < -0.39 is 11.1 Å². The van der Waals surface area contributed by atoms with Crippen LogP contribution in [0.4, 0.5) is 0 Å². The summed E-state index contributed by atoms with van der Waals surface area (Å²) in [7, 11) is 0. The average molecular weight is 130 g/mol. The number of carbonyl (C=O) groups excluding carboxylic acids is 1. The topological polar surface area (TPSA) is 72.2 Å². The van der Waals surface area contributed by atoms with E-state index >= 15 is 0 Å². The van der Waals surface area contributed by atoms with E-state index in [1.165, 1.54) is 0 Å². The van der Waals surface area contributed by atoms with Gasteiger partial charge in [-0.2, -0.15) is 0 Å². The second kappa shape index (κ2) is 2.10. The maximum absolute atomic E-state index is 10.4. The predicted octanol–water partition coefficient (Wildman–Crippen LogP) is -0.848. The first-order chi connectivity index (χ1) is 4.20. The fourth-order valence-corrected chi connectivity index (χ4v) is 0.741. The summed E-state index contributed by atoms with van der Waals surface area (Å²) in [6.45, 7) is 0.144. The molecule has 0 aromatic rings. The Morgan fingerprint density at radius 2 is 2.44 bits per heavy atom. The Morgan fingerprint density at radius 3 is 2.67 bits per heavy atom. The summed E-state index contributed by atoms with van der Waals surface area (Å²) in [4.78, 5) is 19.8. The van der Waals surface area contributed by atoms with E-state index in [1.54, 1.807) is 0 Å². The van der Waals surface area contributed by atoms with Crippen LogP contribution in [-0.4, -0.2) is 23.4 Å². The van der Waals surface area contributed by atoms with E-state index in [-0.39, 0.29) is 18.7 Å². The molecule has 0 aromatic carbocycles. The molecular formula is C4H6N2O3. The number of nitrogens with zero attached hydrogens (tertiary/aromatic N) is 1. The van der Waals surface area contributed by atoms with Crippen molar-refractivity contribution in [3.05, 3.63) is 10.1 Å². The lowest BCUT2D eigenvalue weighted by Crippen LogP contribution is -2.29. The van der Waals surface area contributed by atoms with Gasteiger partial charge >= 0.3 is 0 Å². The van der Waals surface area contributed by atoms with Gasteiger partial charge in [-0.05, 0) is 0 Å². The fraction of sp³-hybridized carbons (Fsp3) is 0.750. The Morgan fingerprint density at radius 1 is 1.78 bits per heavy atom. The number of rotatable bonds is 1. The molecule has 5 heteroatoms. The molecule has 1 unspecified atom stereocenters. The zero-order valence-electron chi connectivity index (χ0n) is 4.66. The second-order valence-electron chi connectivity index (χ2n) is 1.92. The van der Waals surface area contributed by atoms with Crippen LogP contribution in [0.3, 0.4) is 0 Å². The van der Waals surface area contributed by atoms with Crippen LogP contribution in [0.1, 0.15) is 6.42 Å². The standard InChI is InChI=1S/C4H6N2O3/c7-3-1-4(5-2-3)6(8)9/h4-5H,1-2H2. The van der Waals surface area contributed by atoms with Crippen LogP contribution >= 0.6 is 0 Å². The third-order valence-electron chi connectivity index (χ3n) is 1.21. The van der Waals surface area contributed by atoms with Gasteiger partial charge in [0.15, 0.2) is 5.78 Å². The highest BCUT2D eigenvalue weighted by molar-refractivity contribution is 5.82. The van der Waals surface area contributed by atoms with Gasteiger partial charge in [-0.25, -0.2) is 5.32 Å². The summed E-state index contributed by atoms with van der Waals surface area (Å²) in [5.41, 5.74) is 0. The van der Waals surface area contributed by atoms with Gasteiger partial charge in [-0.3, -0.25) is 14.9 Å². The lowest BCUT2D eigenvalue weighted by molar-refractivity contribution is -0.525. The zero-order valence-corrected chi connectivity index (χ0v) is 4.66. The Bertz CT molecular complexity index is 156. The maximum Gasteiger partial charge on any atom is 0.273 e. The van der Waals surface area contributed by atoms with E-state index in [1.807, 2.05) is 0 Å². The van der Waals surface area contributed by atoms with Gasteiger partial charge in [0.05, 0.1) is 13.0 Å². The lowest BCUT2D eigenvalue weighted by atomic mass is 10.3. The second-order valence-corrected chi connectivity index (χ2v) is 1.92. The molecular weight excluding hydrogens is 124 g/mol. The summed E-state index contributed by atoms with van der Waals surface area (Å²) in [6.07, 6.45) is -0.801. The number of carbonyl (C=O) groups is 1. The SMILES string of the molecule is O=C1CNC([N+](=O)[O-])C1. The summed E-state index contributed by atoms with van der Waals surface area (Å²) < 4.78 is 0. The summed E-state index contributed by atoms with van der Waals surface area (Å²) in [5.74, 6) is -0.0864. The van der Waals surface area contributed by atoms with Gasteiger partial charge < -0.3 is 0 Å². The Kier molecular flexibility index (Phi) is 1.44. The Labute approximate surface area is 51.2 Å². The van der Waals surface area contributed by atoms with Gasteiger partial charge in [0.25, 0.3) is 6.17 Å². The Balaban J connectivity index is 2.48. The molecule has 1 atom stereocenters. The summed E-state index contributed by atoms with van der Waals surface area (Å²) in [6, 6.07) is 0. The Hall–Kier alpha value is -0.970. The lowest BCUT2D eigenvalue weighted by Gasteiger charge is -1.95. The van der Waals surface area contributed by atoms with Crippen molar-refractivity contribution in [2.45, 2.75) is 12.6 Å². The first-order valence-electron chi connectivity index (χ1n) is 2.59. The van der Waals surface area contributed by atoms with Crippen LogP contribution in [-0.2, 0) is 4.79 Å². The van der Waals surface area contributed by atoms with E-state index in [0.717, 1.165) is 0 Å². The molecule has 9 heavy (non-hydrogen) atoms. The monoisotopic (exact) mass is 130 g/mol. The van der Waals surface area contributed by atoms with Gasteiger partial charge in [0, 0.05) is 4.92 Å². The van der Waals surface area contributed by atoms with E-state index in [2.05, 4.69) is 5.32 Å². The molecule has 1 aliphatic heterocycles. The molecule has 0 radical (unpaired) electrons. The number of Topliss-reactive ketones (excluding diaryl/α,β-unsaturated/α-hetero) is 1. The van der Waals surface area contributed by atoms with Crippen molar-refractivity contribution in [1.82, 2.24) is 5.32 Å². The number of ketones is 1. The van der Waals surface area contributed by atoms with Gasteiger partial charge in [-0.15, -0.1) is 0 Å². The molecule has 0 spiro atoms. The van der Waals surface area contributed by atoms with Crippen LogP contribution in [0.15, 0.2) is 0 Å². The number of hydrogen-bond donors (Lipinski definition) is 1. The summed E-state index contributed by atoms with van der Waals surface area (Å²) in [5, 5.41) is 12.4. The molecule has 0 aromatic heterocycles. The average Bonchev–Trinajstić information content (AvgIpc) is 2.14. The first kappa shape index (κ1) is 6.15. The molecule has 1 rings (SSSR count). The first-order valence-corrected chi connectivity index (χ1v) is 2.59. The quantitative estimate of drug-likeness (QED) is 0.370. The van der Waals surface area contributed by atoms with Crippen LogP contribution in [0.2, 0.25) is 0 Å². The number of hydrogen-bond acceptors (Lipinski definition) is 4. The highest BCUT2D eigenvalue weighted by Gasteiger charge is 2.29. The normalized spacial score (nSPS) is 26.7. The van der Waals surface area contributed by atoms with E-state index in [0.29, 0.717) is 0 Å². The number of nitrogens with one attached hydrogen (secondary N) is 1. The van der Waals surface area contributed by atoms with Crippen molar-refractivity contribution in [3.63, 3.8) is 0 Å². The van der Waals surface area contributed by atoms with Crippen molar-refractivity contribution < 1.29 is 9.72 Å². The van der Waals surface area contributed by atoms with E-state index in [9.17, 15) is 14.9 Å². The molecule has 1 aliphatic rings. The molecule has 5 nitrogen and oxygen atoms in total. The fourth-order valence-electron chi connectivity index (χ4n) is 0.741. The molecule has 1 fully saturated rings. The van der Waals surface area contributed by atoms with Crippen molar-refractivity contribution in [2.24, 2.45) is 0 Å². The van der Waals surface area contributed by atoms with Gasteiger partial charge in [-0.1, -0.05) is 0 Å². The minimum absolute atomic E-state index is 0.0347. The molecule has 1 heterocycles. The van der Waals surface area contributed by atoms with Gasteiger partial charge in [0.1, 0.15) is 0 Å². The third kappa shape index (κ3) is 1.23. The molecule has 0 aliphatic carbocycles. The highest BCUT2D eigenvalue weighted by atomic mass is 16.6. The van der Waals surface area contributed by atoms with Crippen molar-refractivity contribution >= 4 is 5.78 Å². The van der Waals surface area contributed by atoms with Crippen LogP contribution in [0, 0.1) is 10.1 Å². The molecule has 1 saturated heterocycles. The number of nitro groups is 1. The molecule has 0 saturated carbocycles. The summed E-state index contributed by atoms with van der Waals surface area (Å²) >= 11 is 0. The van der Waals surface area contributed by atoms with Gasteiger partial charge in [0.2, 0.25) is 0 Å². The van der Waals surface area contributed by atoms with Crippen molar-refractivity contribution in [1.29, 1.82) is 0 Å². The maximum atomic E-state index is 10.4. The van der Waals surface area contributed by atoms with Crippen molar-refractivity contribution in [3.8, 4) is 0 Å². The third-order valence-corrected chi connectivity index (χ3v) is 1.21. The molecule has 1 N–H and O–H groups in total.